The van der Waals surface area contributed by atoms with E-state index in [-0.39, 0.29) is 5.78 Å². The molecule has 0 aliphatic heterocycles. The maximum Gasteiger partial charge on any atom is 0.185 e. The summed E-state index contributed by atoms with van der Waals surface area (Å²) >= 11 is 0. The van der Waals surface area contributed by atoms with Crippen LogP contribution in [-0.2, 0) is 0 Å². The second-order valence-corrected chi connectivity index (χ2v) is 4.12. The summed E-state index contributed by atoms with van der Waals surface area (Å²) in [5.74, 6) is -0.161. The van der Waals surface area contributed by atoms with Crippen LogP contribution in [-0.4, -0.2) is 5.78 Å². The Morgan fingerprint density at radius 2 is 1.65 bits per heavy atom. The molecule has 2 aromatic carbocycles. The minimum Gasteiger partial charge on any atom is -0.289 e. The van der Waals surface area contributed by atoms with Crippen LogP contribution in [0.1, 0.15) is 27.0 Å². The summed E-state index contributed by atoms with van der Waals surface area (Å²) < 4.78 is 0. The molecular formula is C17H10N2O. The van der Waals surface area contributed by atoms with Gasteiger partial charge in [0.15, 0.2) is 5.78 Å². The third kappa shape index (κ3) is 3.19. The van der Waals surface area contributed by atoms with Gasteiger partial charge in [-0.1, -0.05) is 30.3 Å². The third-order valence-corrected chi connectivity index (χ3v) is 2.74. The molecule has 0 amide bonds. The molecule has 0 aliphatic carbocycles. The SMILES string of the molecule is N#Cc1ccc(/C=C/C(=O)c2cccc(C#N)c2)cc1. The molecule has 3 nitrogen and oxygen atoms in total. The number of rotatable bonds is 3. The van der Waals surface area contributed by atoms with Crippen molar-refractivity contribution in [3.05, 3.63) is 76.9 Å². The van der Waals surface area contributed by atoms with Crippen molar-refractivity contribution in [2.75, 3.05) is 0 Å². The van der Waals surface area contributed by atoms with Crippen molar-refractivity contribution in [2.45, 2.75) is 0 Å². The Morgan fingerprint density at radius 1 is 0.950 bits per heavy atom. The molecule has 0 atom stereocenters. The average Bonchev–Trinajstić information content (AvgIpc) is 2.53. The first kappa shape index (κ1) is 13.3. The van der Waals surface area contributed by atoms with Crippen LogP contribution in [0.4, 0.5) is 0 Å². The van der Waals surface area contributed by atoms with E-state index in [9.17, 15) is 4.79 Å². The van der Waals surface area contributed by atoms with Crippen LogP contribution >= 0.6 is 0 Å². The first-order valence-corrected chi connectivity index (χ1v) is 5.95. The van der Waals surface area contributed by atoms with E-state index in [0.29, 0.717) is 16.7 Å². The maximum absolute atomic E-state index is 12.0. The van der Waals surface area contributed by atoms with Crippen LogP contribution in [0, 0.1) is 22.7 Å². The van der Waals surface area contributed by atoms with Crippen molar-refractivity contribution in [2.24, 2.45) is 0 Å². The monoisotopic (exact) mass is 258 g/mol. The Morgan fingerprint density at radius 3 is 2.30 bits per heavy atom. The molecule has 0 radical (unpaired) electrons. The summed E-state index contributed by atoms with van der Waals surface area (Å²) in [6.07, 6.45) is 3.14. The lowest BCUT2D eigenvalue weighted by Gasteiger charge is -1.97. The summed E-state index contributed by atoms with van der Waals surface area (Å²) in [6.45, 7) is 0. The number of carbonyl (C=O) groups is 1. The highest BCUT2D eigenvalue weighted by Crippen LogP contribution is 2.09. The maximum atomic E-state index is 12.0. The molecule has 94 valence electrons. The van der Waals surface area contributed by atoms with Crippen molar-refractivity contribution >= 4 is 11.9 Å². The standard InChI is InChI=1S/C17H10N2O/c18-11-14-6-4-13(5-7-14)8-9-17(20)16-3-1-2-15(10-16)12-19/h1-10H/b9-8+. The minimum absolute atomic E-state index is 0.161. The normalized spacial score (nSPS) is 9.90. The van der Waals surface area contributed by atoms with Gasteiger partial charge in [-0.25, -0.2) is 0 Å². The Bertz CT molecular complexity index is 744. The number of nitriles is 2. The summed E-state index contributed by atoms with van der Waals surface area (Å²) in [4.78, 5) is 12.0. The molecule has 0 unspecified atom stereocenters. The zero-order valence-corrected chi connectivity index (χ0v) is 10.6. The van der Waals surface area contributed by atoms with Gasteiger partial charge in [0.05, 0.1) is 23.3 Å². The minimum atomic E-state index is -0.161. The Hall–Kier alpha value is -3.17. The van der Waals surface area contributed by atoms with Gasteiger partial charge in [-0.3, -0.25) is 4.79 Å². The van der Waals surface area contributed by atoms with E-state index < -0.39 is 0 Å². The summed E-state index contributed by atoms with van der Waals surface area (Å²) in [5.41, 5.74) is 2.36. The molecule has 0 aliphatic rings. The van der Waals surface area contributed by atoms with Crippen molar-refractivity contribution < 1.29 is 4.79 Å². The van der Waals surface area contributed by atoms with Gasteiger partial charge in [-0.2, -0.15) is 10.5 Å². The molecule has 2 rings (SSSR count). The first-order chi connectivity index (χ1) is 9.72. The van der Waals surface area contributed by atoms with Gasteiger partial charge in [0.2, 0.25) is 0 Å². The number of carbonyl (C=O) groups excluding carboxylic acids is 1. The largest absolute Gasteiger partial charge is 0.289 e. The van der Waals surface area contributed by atoms with Crippen LogP contribution in [0.25, 0.3) is 6.08 Å². The second-order valence-electron chi connectivity index (χ2n) is 4.12. The van der Waals surface area contributed by atoms with E-state index in [1.54, 1.807) is 54.6 Å². The van der Waals surface area contributed by atoms with Crippen molar-refractivity contribution in [1.29, 1.82) is 10.5 Å². The van der Waals surface area contributed by atoms with Crippen molar-refractivity contribution in [3.8, 4) is 12.1 Å². The lowest BCUT2D eigenvalue weighted by molar-refractivity contribution is 0.104. The zero-order chi connectivity index (χ0) is 14.4. The number of allylic oxidation sites excluding steroid dienone is 1. The van der Waals surface area contributed by atoms with Gasteiger partial charge in [0.1, 0.15) is 0 Å². The number of nitrogens with zero attached hydrogens (tertiary/aromatic N) is 2. The zero-order valence-electron chi connectivity index (χ0n) is 10.6. The first-order valence-electron chi connectivity index (χ1n) is 5.95. The van der Waals surface area contributed by atoms with E-state index in [4.69, 9.17) is 10.5 Å². The predicted octanol–water partition coefficient (Wildman–Crippen LogP) is 3.33. The molecule has 0 N–H and O–H groups in total. The lowest BCUT2D eigenvalue weighted by atomic mass is 10.1. The van der Waals surface area contributed by atoms with Gasteiger partial charge in [-0.05, 0) is 35.9 Å². The van der Waals surface area contributed by atoms with Crippen molar-refractivity contribution in [1.82, 2.24) is 0 Å². The highest BCUT2D eigenvalue weighted by Gasteiger charge is 2.02. The fourth-order valence-corrected chi connectivity index (χ4v) is 1.68. The quantitative estimate of drug-likeness (QED) is 0.626. The summed E-state index contributed by atoms with van der Waals surface area (Å²) in [5, 5.41) is 17.5. The van der Waals surface area contributed by atoms with E-state index in [1.807, 2.05) is 12.1 Å². The molecule has 0 saturated heterocycles. The van der Waals surface area contributed by atoms with Crippen molar-refractivity contribution in [3.63, 3.8) is 0 Å². The van der Waals surface area contributed by atoms with Crippen LogP contribution in [0.5, 0.6) is 0 Å². The van der Waals surface area contributed by atoms with E-state index in [2.05, 4.69) is 0 Å². The molecule has 0 spiro atoms. The summed E-state index contributed by atoms with van der Waals surface area (Å²) in [7, 11) is 0. The number of hydrogen-bond acceptors (Lipinski definition) is 3. The fraction of sp³-hybridized carbons (Fsp3) is 0. The Labute approximate surface area is 117 Å². The lowest BCUT2D eigenvalue weighted by Crippen LogP contribution is -1.94. The third-order valence-electron chi connectivity index (χ3n) is 2.74. The highest BCUT2D eigenvalue weighted by atomic mass is 16.1. The summed E-state index contributed by atoms with van der Waals surface area (Å²) in [6, 6.07) is 17.5. The van der Waals surface area contributed by atoms with Gasteiger partial charge in [0, 0.05) is 5.56 Å². The number of benzene rings is 2. The second kappa shape index (κ2) is 6.13. The molecule has 0 saturated carbocycles. The van der Waals surface area contributed by atoms with Gasteiger partial charge in [-0.15, -0.1) is 0 Å². The van der Waals surface area contributed by atoms with Crippen LogP contribution in [0.3, 0.4) is 0 Å². The van der Waals surface area contributed by atoms with E-state index in [0.717, 1.165) is 5.56 Å². The molecule has 20 heavy (non-hydrogen) atoms. The van der Waals surface area contributed by atoms with Crippen LogP contribution in [0.2, 0.25) is 0 Å². The van der Waals surface area contributed by atoms with Gasteiger partial charge in [0.25, 0.3) is 0 Å². The average molecular weight is 258 g/mol. The van der Waals surface area contributed by atoms with Gasteiger partial charge >= 0.3 is 0 Å². The molecule has 2 aromatic rings. The number of hydrogen-bond donors (Lipinski definition) is 0. The molecule has 0 aromatic heterocycles. The molecular weight excluding hydrogens is 248 g/mol. The number of ketones is 1. The fourth-order valence-electron chi connectivity index (χ4n) is 1.68. The van der Waals surface area contributed by atoms with E-state index in [1.165, 1.54) is 6.08 Å². The Kier molecular flexibility index (Phi) is 4.07. The predicted molar refractivity (Wildman–Crippen MR) is 75.7 cm³/mol. The van der Waals surface area contributed by atoms with E-state index >= 15 is 0 Å². The molecule has 3 heteroatoms. The topological polar surface area (TPSA) is 64.7 Å². The Balaban J connectivity index is 2.16. The van der Waals surface area contributed by atoms with Crippen LogP contribution < -0.4 is 0 Å². The highest BCUT2D eigenvalue weighted by molar-refractivity contribution is 6.07. The van der Waals surface area contributed by atoms with Gasteiger partial charge < -0.3 is 0 Å². The molecule has 0 fully saturated rings. The smallest absolute Gasteiger partial charge is 0.185 e. The molecule has 0 heterocycles. The van der Waals surface area contributed by atoms with Crippen LogP contribution in [0.15, 0.2) is 54.6 Å². The molecule has 0 bridgehead atoms.